The van der Waals surface area contributed by atoms with Gasteiger partial charge in [-0.1, -0.05) is 12.1 Å². The Hall–Kier alpha value is -1.39. The highest BCUT2D eigenvalue weighted by atomic mass is 16.5. The number of hydrogen-bond acceptors (Lipinski definition) is 4. The summed E-state index contributed by atoms with van der Waals surface area (Å²) in [5, 5.41) is 3.45. The van der Waals surface area contributed by atoms with Gasteiger partial charge in [0, 0.05) is 31.7 Å². The number of rotatable bonds is 4. The molecule has 0 bridgehead atoms. The summed E-state index contributed by atoms with van der Waals surface area (Å²) >= 11 is 0. The van der Waals surface area contributed by atoms with E-state index < -0.39 is 0 Å². The smallest absolute Gasteiger partial charge is 0.337 e. The predicted octanol–water partition coefficient (Wildman–Crippen LogP) is 1.70. The second kappa shape index (κ2) is 6.86. The van der Waals surface area contributed by atoms with Gasteiger partial charge in [-0.05, 0) is 38.0 Å². The van der Waals surface area contributed by atoms with E-state index >= 15 is 0 Å². The molecular weight excluding hydrogens is 252 g/mol. The summed E-state index contributed by atoms with van der Waals surface area (Å²) in [7, 11) is 1.41. The molecule has 1 fully saturated rings. The van der Waals surface area contributed by atoms with Crippen molar-refractivity contribution in [3.05, 3.63) is 35.4 Å². The van der Waals surface area contributed by atoms with Crippen molar-refractivity contribution in [3.8, 4) is 0 Å². The highest BCUT2D eigenvalue weighted by molar-refractivity contribution is 5.89. The summed E-state index contributed by atoms with van der Waals surface area (Å²) in [5.74, 6) is -0.277. The number of piperazine rings is 1. The molecule has 1 aliphatic rings. The van der Waals surface area contributed by atoms with Crippen LogP contribution in [0.1, 0.15) is 29.8 Å². The molecule has 4 heteroatoms. The molecule has 1 aromatic carbocycles. The third-order valence-electron chi connectivity index (χ3n) is 4.05. The van der Waals surface area contributed by atoms with E-state index in [1.807, 2.05) is 24.3 Å². The van der Waals surface area contributed by atoms with Crippen LogP contribution in [0.5, 0.6) is 0 Å². The Morgan fingerprint density at radius 2 is 1.85 bits per heavy atom. The first-order valence-corrected chi connectivity index (χ1v) is 7.25. The molecule has 2 rings (SSSR count). The van der Waals surface area contributed by atoms with Crippen molar-refractivity contribution in [2.45, 2.75) is 32.4 Å². The lowest BCUT2D eigenvalue weighted by molar-refractivity contribution is 0.0600. The van der Waals surface area contributed by atoms with Gasteiger partial charge in [0.25, 0.3) is 0 Å². The lowest BCUT2D eigenvalue weighted by atomic mass is 10.1. The van der Waals surface area contributed by atoms with Crippen LogP contribution in [-0.4, -0.2) is 49.7 Å². The number of benzene rings is 1. The minimum atomic E-state index is -0.277. The summed E-state index contributed by atoms with van der Waals surface area (Å²) in [4.78, 5) is 13.9. The first kappa shape index (κ1) is 15.0. The van der Waals surface area contributed by atoms with Gasteiger partial charge in [-0.15, -0.1) is 0 Å². The Bertz CT molecular complexity index is 434. The zero-order valence-electron chi connectivity index (χ0n) is 12.6. The molecule has 0 unspecified atom stereocenters. The summed E-state index contributed by atoms with van der Waals surface area (Å²) < 4.78 is 4.71. The monoisotopic (exact) mass is 276 g/mol. The van der Waals surface area contributed by atoms with E-state index in [4.69, 9.17) is 4.74 Å². The van der Waals surface area contributed by atoms with Crippen molar-refractivity contribution >= 4 is 5.97 Å². The first-order chi connectivity index (χ1) is 9.61. The molecule has 1 saturated heterocycles. The lowest BCUT2D eigenvalue weighted by Crippen LogP contribution is -2.55. The molecule has 1 aliphatic heterocycles. The molecule has 0 radical (unpaired) electrons. The van der Waals surface area contributed by atoms with Crippen LogP contribution < -0.4 is 5.32 Å². The molecule has 4 nitrogen and oxygen atoms in total. The molecule has 1 heterocycles. The maximum atomic E-state index is 11.4. The molecule has 0 amide bonds. The highest BCUT2D eigenvalue weighted by Gasteiger charge is 2.23. The summed E-state index contributed by atoms with van der Waals surface area (Å²) in [5.41, 5.74) is 1.87. The van der Waals surface area contributed by atoms with Gasteiger partial charge in [0.2, 0.25) is 0 Å². The van der Waals surface area contributed by atoms with Crippen molar-refractivity contribution in [3.63, 3.8) is 0 Å². The summed E-state index contributed by atoms with van der Waals surface area (Å²) in [6.45, 7) is 7.71. The van der Waals surface area contributed by atoms with Gasteiger partial charge in [-0.25, -0.2) is 4.79 Å². The van der Waals surface area contributed by atoms with Gasteiger partial charge >= 0.3 is 5.97 Å². The second-order valence-electron chi connectivity index (χ2n) is 5.53. The Balaban J connectivity index is 1.92. The van der Waals surface area contributed by atoms with Crippen LogP contribution in [0.25, 0.3) is 0 Å². The number of ether oxygens (including phenoxy) is 1. The Morgan fingerprint density at radius 3 is 2.40 bits per heavy atom. The molecule has 0 aliphatic carbocycles. The van der Waals surface area contributed by atoms with Crippen LogP contribution in [0, 0.1) is 0 Å². The van der Waals surface area contributed by atoms with Crippen LogP contribution in [-0.2, 0) is 11.2 Å². The second-order valence-corrected chi connectivity index (χ2v) is 5.53. The van der Waals surface area contributed by atoms with Crippen molar-refractivity contribution in [2.24, 2.45) is 0 Å². The molecule has 20 heavy (non-hydrogen) atoms. The zero-order valence-corrected chi connectivity index (χ0v) is 12.6. The standard InChI is InChI=1S/C16H24N2O2/c1-12-10-17-11-13(2)18(12)9-8-14-4-6-15(7-5-14)16(19)20-3/h4-7,12-13,17H,8-11H2,1-3H3/t12-,13+. The minimum absolute atomic E-state index is 0.277. The van der Waals surface area contributed by atoms with Crippen molar-refractivity contribution in [1.82, 2.24) is 10.2 Å². The highest BCUT2D eigenvalue weighted by Crippen LogP contribution is 2.12. The van der Waals surface area contributed by atoms with E-state index in [2.05, 4.69) is 24.1 Å². The van der Waals surface area contributed by atoms with Crippen LogP contribution in [0.4, 0.5) is 0 Å². The number of methoxy groups -OCH3 is 1. The molecule has 110 valence electrons. The van der Waals surface area contributed by atoms with E-state index in [1.165, 1.54) is 12.7 Å². The molecule has 1 N–H and O–H groups in total. The summed E-state index contributed by atoms with van der Waals surface area (Å²) in [6, 6.07) is 8.87. The fourth-order valence-electron chi connectivity index (χ4n) is 2.79. The molecule has 2 atom stereocenters. The Labute approximate surface area is 121 Å². The number of hydrogen-bond donors (Lipinski definition) is 1. The van der Waals surface area contributed by atoms with Gasteiger partial charge in [-0.2, -0.15) is 0 Å². The van der Waals surface area contributed by atoms with E-state index in [1.54, 1.807) is 0 Å². The molecule has 0 saturated carbocycles. The Kier molecular flexibility index (Phi) is 5.15. The van der Waals surface area contributed by atoms with Crippen LogP contribution in [0.2, 0.25) is 0 Å². The number of esters is 1. The number of carbonyl (C=O) groups is 1. The van der Waals surface area contributed by atoms with Gasteiger partial charge in [-0.3, -0.25) is 4.90 Å². The third-order valence-corrected chi connectivity index (χ3v) is 4.05. The van der Waals surface area contributed by atoms with Gasteiger partial charge in [0.1, 0.15) is 0 Å². The molecule has 1 aromatic rings. The fraction of sp³-hybridized carbons (Fsp3) is 0.562. The maximum Gasteiger partial charge on any atom is 0.337 e. The van der Waals surface area contributed by atoms with Gasteiger partial charge < -0.3 is 10.1 Å². The molecule has 0 spiro atoms. The van der Waals surface area contributed by atoms with Crippen molar-refractivity contribution in [1.29, 1.82) is 0 Å². The lowest BCUT2D eigenvalue weighted by Gasteiger charge is -2.39. The third kappa shape index (κ3) is 3.58. The van der Waals surface area contributed by atoms with E-state index in [0.717, 1.165) is 26.1 Å². The molecule has 0 aromatic heterocycles. The first-order valence-electron chi connectivity index (χ1n) is 7.25. The predicted molar refractivity (Wildman–Crippen MR) is 80.0 cm³/mol. The number of nitrogens with one attached hydrogen (secondary N) is 1. The summed E-state index contributed by atoms with van der Waals surface area (Å²) in [6.07, 6.45) is 1.01. The van der Waals surface area contributed by atoms with Crippen molar-refractivity contribution in [2.75, 3.05) is 26.7 Å². The van der Waals surface area contributed by atoms with Gasteiger partial charge in [0.05, 0.1) is 12.7 Å². The molecular formula is C16H24N2O2. The quantitative estimate of drug-likeness (QED) is 0.850. The average Bonchev–Trinajstić information content (AvgIpc) is 2.46. The Morgan fingerprint density at radius 1 is 1.25 bits per heavy atom. The van der Waals surface area contributed by atoms with Crippen LogP contribution in [0.15, 0.2) is 24.3 Å². The largest absolute Gasteiger partial charge is 0.465 e. The number of carbonyl (C=O) groups excluding carboxylic acids is 1. The fourth-order valence-corrected chi connectivity index (χ4v) is 2.79. The van der Waals surface area contributed by atoms with Crippen LogP contribution >= 0.6 is 0 Å². The minimum Gasteiger partial charge on any atom is -0.465 e. The SMILES string of the molecule is COC(=O)c1ccc(CCN2[C@H](C)CNC[C@@H]2C)cc1. The average molecular weight is 276 g/mol. The topological polar surface area (TPSA) is 41.6 Å². The number of nitrogens with zero attached hydrogens (tertiary/aromatic N) is 1. The maximum absolute atomic E-state index is 11.4. The van der Waals surface area contributed by atoms with E-state index in [-0.39, 0.29) is 5.97 Å². The van der Waals surface area contributed by atoms with E-state index in [0.29, 0.717) is 17.6 Å². The van der Waals surface area contributed by atoms with E-state index in [9.17, 15) is 4.79 Å². The van der Waals surface area contributed by atoms with Crippen molar-refractivity contribution < 1.29 is 9.53 Å². The normalized spacial score (nSPS) is 23.6. The zero-order chi connectivity index (χ0) is 14.5. The van der Waals surface area contributed by atoms with Crippen LogP contribution in [0.3, 0.4) is 0 Å². The van der Waals surface area contributed by atoms with Gasteiger partial charge in [0.15, 0.2) is 0 Å².